The number of nitrogens with one attached hydrogen (secondary N) is 1. The number of hydrogen-bond acceptors (Lipinski definition) is 4. The van der Waals surface area contributed by atoms with Crippen molar-refractivity contribution in [1.82, 2.24) is 9.97 Å². The summed E-state index contributed by atoms with van der Waals surface area (Å²) in [5.41, 5.74) is 2.60. The number of rotatable bonds is 4. The highest BCUT2D eigenvalue weighted by atomic mass is 16.5. The standard InChI is InChI=1S/C20H21N3O3/c1-12-8-16(19-21-17-6-4-5-7-18(17)22-19)20(24)23(12)13-9-14(25-2)11-15(10-13)26-3/h4-7,9-12,16H,8H2,1-3H3,(H,21,22). The van der Waals surface area contributed by atoms with Gasteiger partial charge in [0.2, 0.25) is 5.91 Å². The number of carbonyl (C=O) groups excluding carboxylic acids is 1. The second kappa shape index (κ2) is 6.37. The summed E-state index contributed by atoms with van der Waals surface area (Å²) in [6.07, 6.45) is 0.707. The van der Waals surface area contributed by atoms with E-state index in [0.717, 1.165) is 22.5 Å². The van der Waals surface area contributed by atoms with Crippen LogP contribution in [0.2, 0.25) is 0 Å². The lowest BCUT2D eigenvalue weighted by Gasteiger charge is -2.23. The molecule has 4 rings (SSSR count). The van der Waals surface area contributed by atoms with E-state index >= 15 is 0 Å². The molecule has 0 saturated carbocycles. The van der Waals surface area contributed by atoms with E-state index < -0.39 is 0 Å². The molecule has 0 spiro atoms. The molecule has 2 heterocycles. The number of carbonyl (C=O) groups is 1. The molecule has 1 aliphatic heterocycles. The molecule has 1 aromatic heterocycles. The topological polar surface area (TPSA) is 67.5 Å². The molecule has 2 atom stereocenters. The maximum Gasteiger partial charge on any atom is 0.238 e. The Bertz CT molecular complexity index is 911. The summed E-state index contributed by atoms with van der Waals surface area (Å²) < 4.78 is 10.7. The van der Waals surface area contributed by atoms with Crippen LogP contribution in [0.1, 0.15) is 25.1 Å². The molecule has 6 nitrogen and oxygen atoms in total. The maximum atomic E-state index is 13.2. The predicted octanol–water partition coefficient (Wildman–Crippen LogP) is 3.49. The van der Waals surface area contributed by atoms with Gasteiger partial charge in [-0.3, -0.25) is 4.79 Å². The van der Waals surface area contributed by atoms with Gasteiger partial charge in [0.1, 0.15) is 17.3 Å². The van der Waals surface area contributed by atoms with Gasteiger partial charge in [0.25, 0.3) is 0 Å². The number of fused-ring (bicyclic) bond motifs is 1. The van der Waals surface area contributed by atoms with Crippen LogP contribution in [0.15, 0.2) is 42.5 Å². The molecule has 26 heavy (non-hydrogen) atoms. The number of hydrogen-bond donors (Lipinski definition) is 1. The first-order valence-electron chi connectivity index (χ1n) is 8.61. The summed E-state index contributed by atoms with van der Waals surface area (Å²) in [6.45, 7) is 2.05. The van der Waals surface area contributed by atoms with Crippen molar-refractivity contribution in [2.75, 3.05) is 19.1 Å². The molecule has 134 valence electrons. The molecule has 0 bridgehead atoms. The van der Waals surface area contributed by atoms with Crippen molar-refractivity contribution in [2.45, 2.75) is 25.3 Å². The molecule has 2 unspecified atom stereocenters. The normalized spacial score (nSPS) is 20.0. The Hall–Kier alpha value is -3.02. The van der Waals surface area contributed by atoms with Crippen LogP contribution in [-0.2, 0) is 4.79 Å². The third-order valence-corrected chi connectivity index (χ3v) is 4.91. The van der Waals surface area contributed by atoms with Crippen LogP contribution in [0.3, 0.4) is 0 Å². The molecule has 2 aromatic carbocycles. The van der Waals surface area contributed by atoms with Crippen LogP contribution in [0.25, 0.3) is 11.0 Å². The van der Waals surface area contributed by atoms with Gasteiger partial charge in [-0.25, -0.2) is 4.98 Å². The fraction of sp³-hybridized carbons (Fsp3) is 0.300. The van der Waals surface area contributed by atoms with Gasteiger partial charge in [-0.05, 0) is 25.5 Å². The van der Waals surface area contributed by atoms with Crippen LogP contribution in [0.4, 0.5) is 5.69 Å². The minimum absolute atomic E-state index is 0.0341. The number of aromatic nitrogens is 2. The highest BCUT2D eigenvalue weighted by Gasteiger charge is 2.40. The number of para-hydroxylation sites is 2. The van der Waals surface area contributed by atoms with E-state index in [1.165, 1.54) is 0 Å². The summed E-state index contributed by atoms with van der Waals surface area (Å²) >= 11 is 0. The zero-order valence-electron chi connectivity index (χ0n) is 15.0. The van der Waals surface area contributed by atoms with Crippen molar-refractivity contribution in [3.05, 3.63) is 48.3 Å². The molecular weight excluding hydrogens is 330 g/mol. The second-order valence-electron chi connectivity index (χ2n) is 6.56. The van der Waals surface area contributed by atoms with Crippen molar-refractivity contribution >= 4 is 22.6 Å². The molecule has 0 aliphatic carbocycles. The van der Waals surface area contributed by atoms with E-state index in [-0.39, 0.29) is 17.9 Å². The van der Waals surface area contributed by atoms with Gasteiger partial charge in [-0.2, -0.15) is 0 Å². The van der Waals surface area contributed by atoms with Gasteiger partial charge in [-0.15, -0.1) is 0 Å². The molecule has 1 N–H and O–H groups in total. The minimum Gasteiger partial charge on any atom is -0.497 e. The number of H-pyrrole nitrogens is 1. The monoisotopic (exact) mass is 351 g/mol. The van der Waals surface area contributed by atoms with Crippen LogP contribution in [-0.4, -0.2) is 36.1 Å². The zero-order valence-corrected chi connectivity index (χ0v) is 15.0. The smallest absolute Gasteiger partial charge is 0.238 e. The van der Waals surface area contributed by atoms with Crippen molar-refractivity contribution in [2.24, 2.45) is 0 Å². The molecule has 0 radical (unpaired) electrons. The Labute approximate surface area is 151 Å². The van der Waals surface area contributed by atoms with Crippen molar-refractivity contribution in [3.8, 4) is 11.5 Å². The number of methoxy groups -OCH3 is 2. The Morgan fingerprint density at radius 2 is 1.81 bits per heavy atom. The van der Waals surface area contributed by atoms with Gasteiger partial charge < -0.3 is 19.4 Å². The lowest BCUT2D eigenvalue weighted by atomic mass is 10.1. The van der Waals surface area contributed by atoms with Gasteiger partial charge in [-0.1, -0.05) is 12.1 Å². The molecular formula is C20H21N3O3. The Balaban J connectivity index is 1.70. The minimum atomic E-state index is -0.283. The third kappa shape index (κ3) is 2.67. The Morgan fingerprint density at radius 1 is 1.12 bits per heavy atom. The maximum absolute atomic E-state index is 13.2. The van der Waals surface area contributed by atoms with Crippen molar-refractivity contribution in [1.29, 1.82) is 0 Å². The number of aromatic amines is 1. The largest absolute Gasteiger partial charge is 0.497 e. The quantitative estimate of drug-likeness (QED) is 0.781. The van der Waals surface area contributed by atoms with Crippen molar-refractivity contribution < 1.29 is 14.3 Å². The molecule has 1 saturated heterocycles. The molecule has 1 amide bonds. The lowest BCUT2D eigenvalue weighted by molar-refractivity contribution is -0.118. The van der Waals surface area contributed by atoms with Crippen LogP contribution in [0, 0.1) is 0 Å². The first-order valence-corrected chi connectivity index (χ1v) is 8.61. The van der Waals surface area contributed by atoms with E-state index in [2.05, 4.69) is 9.97 Å². The Morgan fingerprint density at radius 3 is 2.46 bits per heavy atom. The summed E-state index contributed by atoms with van der Waals surface area (Å²) in [4.78, 5) is 22.9. The van der Waals surface area contributed by atoms with Crippen molar-refractivity contribution in [3.63, 3.8) is 0 Å². The van der Waals surface area contributed by atoms with Gasteiger partial charge in [0.15, 0.2) is 0 Å². The number of anilines is 1. The average molecular weight is 351 g/mol. The Kier molecular flexibility index (Phi) is 4.03. The van der Waals surface area contributed by atoms with Crippen LogP contribution in [0.5, 0.6) is 11.5 Å². The fourth-order valence-electron chi connectivity index (χ4n) is 3.61. The number of imidazole rings is 1. The van der Waals surface area contributed by atoms with E-state index in [1.54, 1.807) is 20.3 Å². The first kappa shape index (κ1) is 16.4. The van der Waals surface area contributed by atoms with Gasteiger partial charge in [0, 0.05) is 24.2 Å². The highest BCUT2D eigenvalue weighted by Crippen LogP contribution is 2.38. The molecule has 1 fully saturated rings. The van der Waals surface area contributed by atoms with E-state index in [9.17, 15) is 4.79 Å². The predicted molar refractivity (Wildman–Crippen MR) is 99.9 cm³/mol. The van der Waals surface area contributed by atoms with Crippen LogP contribution < -0.4 is 14.4 Å². The fourth-order valence-corrected chi connectivity index (χ4v) is 3.61. The number of nitrogens with zero attached hydrogens (tertiary/aromatic N) is 2. The molecule has 6 heteroatoms. The van der Waals surface area contributed by atoms with E-state index in [1.807, 2.05) is 48.2 Å². The van der Waals surface area contributed by atoms with E-state index in [0.29, 0.717) is 17.9 Å². The number of benzene rings is 2. The first-order chi connectivity index (χ1) is 12.6. The second-order valence-corrected chi connectivity index (χ2v) is 6.56. The lowest BCUT2D eigenvalue weighted by Crippen LogP contribution is -2.31. The summed E-state index contributed by atoms with van der Waals surface area (Å²) in [6, 6.07) is 13.4. The number of amides is 1. The van der Waals surface area contributed by atoms with Gasteiger partial charge in [0.05, 0.1) is 36.9 Å². The SMILES string of the molecule is COc1cc(OC)cc(N2C(=O)C(c3nc4ccccc4[nH]3)CC2C)c1. The van der Waals surface area contributed by atoms with Crippen LogP contribution >= 0.6 is 0 Å². The average Bonchev–Trinajstić information content (AvgIpc) is 3.21. The molecule has 1 aliphatic rings. The zero-order chi connectivity index (χ0) is 18.3. The summed E-state index contributed by atoms with van der Waals surface area (Å²) in [5, 5.41) is 0. The highest BCUT2D eigenvalue weighted by molar-refractivity contribution is 6.01. The molecule has 3 aromatic rings. The number of ether oxygens (including phenoxy) is 2. The van der Waals surface area contributed by atoms with E-state index in [4.69, 9.17) is 9.47 Å². The summed E-state index contributed by atoms with van der Waals surface area (Å²) in [7, 11) is 3.20. The third-order valence-electron chi connectivity index (χ3n) is 4.91. The van der Waals surface area contributed by atoms with Gasteiger partial charge >= 0.3 is 0 Å². The summed E-state index contributed by atoms with van der Waals surface area (Å²) in [5.74, 6) is 1.79.